The van der Waals surface area contributed by atoms with Crippen molar-refractivity contribution >= 4 is 17.1 Å². The summed E-state index contributed by atoms with van der Waals surface area (Å²) >= 11 is 0. The lowest BCUT2D eigenvalue weighted by molar-refractivity contribution is 0.474. The molecule has 0 bridgehead atoms. The van der Waals surface area contributed by atoms with Crippen molar-refractivity contribution in [1.82, 2.24) is 9.66 Å². The van der Waals surface area contributed by atoms with Gasteiger partial charge in [-0.25, -0.2) is 4.98 Å². The lowest BCUT2D eigenvalue weighted by Crippen LogP contribution is -2.20. The standard InChI is InChI=1S/C22H17N3O2/c1-15-10-12-16(13-11-15)21-24-19-8-4-3-7-18(19)22(27)25(21)23-14-17-6-2-5-9-20(17)26/h2-14,26H,1H3/b23-14+. The SMILES string of the molecule is Cc1ccc(-c2nc3ccccc3c(=O)n2/N=C/c2ccccc2O)cc1. The van der Waals surface area contributed by atoms with Crippen LogP contribution in [-0.4, -0.2) is 21.0 Å². The molecule has 5 nitrogen and oxygen atoms in total. The van der Waals surface area contributed by atoms with Gasteiger partial charge >= 0.3 is 0 Å². The molecule has 0 amide bonds. The Morgan fingerprint density at radius 2 is 1.67 bits per heavy atom. The molecule has 0 spiro atoms. The van der Waals surface area contributed by atoms with Crippen LogP contribution in [0.1, 0.15) is 11.1 Å². The van der Waals surface area contributed by atoms with E-state index in [1.165, 1.54) is 10.9 Å². The number of hydrogen-bond acceptors (Lipinski definition) is 4. The van der Waals surface area contributed by atoms with E-state index in [2.05, 4.69) is 10.1 Å². The van der Waals surface area contributed by atoms with Crippen LogP contribution in [0.5, 0.6) is 5.75 Å². The molecule has 1 N–H and O–H groups in total. The van der Waals surface area contributed by atoms with Crippen molar-refractivity contribution in [2.75, 3.05) is 0 Å². The fourth-order valence-electron chi connectivity index (χ4n) is 2.84. The summed E-state index contributed by atoms with van der Waals surface area (Å²) in [4.78, 5) is 17.7. The maximum atomic E-state index is 13.0. The van der Waals surface area contributed by atoms with Crippen LogP contribution in [0.4, 0.5) is 0 Å². The van der Waals surface area contributed by atoms with E-state index in [1.54, 1.807) is 36.4 Å². The maximum absolute atomic E-state index is 13.0. The molecule has 0 fully saturated rings. The summed E-state index contributed by atoms with van der Waals surface area (Å²) in [7, 11) is 0. The smallest absolute Gasteiger partial charge is 0.282 e. The van der Waals surface area contributed by atoms with Gasteiger partial charge in [-0.05, 0) is 31.2 Å². The van der Waals surface area contributed by atoms with E-state index in [-0.39, 0.29) is 11.3 Å². The number of aryl methyl sites for hydroxylation is 1. The number of benzene rings is 3. The first-order valence-corrected chi connectivity index (χ1v) is 8.55. The van der Waals surface area contributed by atoms with Crippen molar-refractivity contribution in [3.63, 3.8) is 0 Å². The lowest BCUT2D eigenvalue weighted by Gasteiger charge is -2.10. The monoisotopic (exact) mass is 355 g/mol. The predicted molar refractivity (Wildman–Crippen MR) is 107 cm³/mol. The van der Waals surface area contributed by atoms with Gasteiger partial charge in [0, 0.05) is 11.1 Å². The Morgan fingerprint density at radius 3 is 2.44 bits per heavy atom. The normalized spacial score (nSPS) is 11.3. The third-order valence-electron chi connectivity index (χ3n) is 4.31. The molecule has 0 unspecified atom stereocenters. The van der Waals surface area contributed by atoms with Crippen LogP contribution >= 0.6 is 0 Å². The summed E-state index contributed by atoms with van der Waals surface area (Å²) in [6.07, 6.45) is 1.46. The zero-order valence-electron chi connectivity index (χ0n) is 14.7. The zero-order chi connectivity index (χ0) is 18.8. The zero-order valence-corrected chi connectivity index (χ0v) is 14.7. The van der Waals surface area contributed by atoms with Gasteiger partial charge in [-0.2, -0.15) is 9.78 Å². The number of rotatable bonds is 3. The molecule has 0 saturated carbocycles. The highest BCUT2D eigenvalue weighted by molar-refractivity contribution is 5.84. The van der Waals surface area contributed by atoms with Crippen LogP contribution < -0.4 is 5.56 Å². The van der Waals surface area contributed by atoms with Crippen molar-refractivity contribution in [2.45, 2.75) is 6.92 Å². The minimum absolute atomic E-state index is 0.0972. The minimum atomic E-state index is -0.261. The largest absolute Gasteiger partial charge is 0.507 e. The van der Waals surface area contributed by atoms with E-state index in [0.29, 0.717) is 22.3 Å². The summed E-state index contributed by atoms with van der Waals surface area (Å²) in [5.74, 6) is 0.547. The fourth-order valence-corrected chi connectivity index (χ4v) is 2.84. The topological polar surface area (TPSA) is 67.5 Å². The van der Waals surface area contributed by atoms with Crippen LogP contribution in [-0.2, 0) is 0 Å². The molecule has 4 rings (SSSR count). The number of phenolic OH excluding ortho intramolecular Hbond substituents is 1. The van der Waals surface area contributed by atoms with Gasteiger partial charge in [-0.15, -0.1) is 0 Å². The molecule has 1 heterocycles. The maximum Gasteiger partial charge on any atom is 0.282 e. The number of fused-ring (bicyclic) bond motifs is 1. The molecule has 27 heavy (non-hydrogen) atoms. The number of aromatic hydroxyl groups is 1. The molecule has 0 aliphatic rings. The van der Waals surface area contributed by atoms with Crippen molar-refractivity contribution < 1.29 is 5.11 Å². The van der Waals surface area contributed by atoms with Crippen molar-refractivity contribution in [2.24, 2.45) is 5.10 Å². The Hall–Kier alpha value is -3.73. The third kappa shape index (κ3) is 3.22. The first-order chi connectivity index (χ1) is 13.1. The van der Waals surface area contributed by atoms with E-state index in [1.807, 2.05) is 43.3 Å². The summed E-state index contributed by atoms with van der Waals surface area (Å²) in [5, 5.41) is 14.8. The highest BCUT2D eigenvalue weighted by atomic mass is 16.3. The predicted octanol–water partition coefficient (Wildman–Crippen LogP) is 3.96. The van der Waals surface area contributed by atoms with Gasteiger partial charge in [-0.1, -0.05) is 54.1 Å². The van der Waals surface area contributed by atoms with E-state index in [4.69, 9.17) is 0 Å². The Morgan fingerprint density at radius 1 is 0.963 bits per heavy atom. The summed E-state index contributed by atoms with van der Waals surface area (Å²) in [6, 6.07) is 21.8. The number of nitrogens with zero attached hydrogens (tertiary/aromatic N) is 3. The summed E-state index contributed by atoms with van der Waals surface area (Å²) in [5.41, 5.74) is 2.78. The van der Waals surface area contributed by atoms with Crippen LogP contribution in [0.3, 0.4) is 0 Å². The molecule has 132 valence electrons. The highest BCUT2D eigenvalue weighted by Gasteiger charge is 2.12. The molecule has 0 radical (unpaired) electrons. The van der Waals surface area contributed by atoms with Crippen LogP contribution in [0.15, 0.2) is 82.7 Å². The molecule has 1 aromatic heterocycles. The number of aromatic nitrogens is 2. The Balaban J connectivity index is 1.95. The van der Waals surface area contributed by atoms with Crippen LogP contribution in [0, 0.1) is 6.92 Å². The van der Waals surface area contributed by atoms with E-state index in [0.717, 1.165) is 11.1 Å². The highest BCUT2D eigenvalue weighted by Crippen LogP contribution is 2.20. The number of hydrogen-bond donors (Lipinski definition) is 1. The number of para-hydroxylation sites is 2. The van der Waals surface area contributed by atoms with Crippen molar-refractivity contribution in [1.29, 1.82) is 0 Å². The van der Waals surface area contributed by atoms with Gasteiger partial charge in [0.25, 0.3) is 5.56 Å². The molecule has 3 aromatic carbocycles. The minimum Gasteiger partial charge on any atom is -0.507 e. The van der Waals surface area contributed by atoms with Gasteiger partial charge in [-0.3, -0.25) is 4.79 Å². The second-order valence-electron chi connectivity index (χ2n) is 6.24. The second kappa shape index (κ2) is 6.88. The van der Waals surface area contributed by atoms with Gasteiger partial charge in [0.2, 0.25) is 0 Å². The second-order valence-corrected chi connectivity index (χ2v) is 6.24. The van der Waals surface area contributed by atoms with Crippen LogP contribution in [0.25, 0.3) is 22.3 Å². The number of phenols is 1. The van der Waals surface area contributed by atoms with Crippen LogP contribution in [0.2, 0.25) is 0 Å². The Bertz CT molecular complexity index is 1210. The van der Waals surface area contributed by atoms with Gasteiger partial charge in [0.05, 0.1) is 17.1 Å². The van der Waals surface area contributed by atoms with Crippen molar-refractivity contribution in [3.05, 3.63) is 94.3 Å². The molecule has 4 aromatic rings. The van der Waals surface area contributed by atoms with E-state index in [9.17, 15) is 9.90 Å². The average molecular weight is 355 g/mol. The van der Waals surface area contributed by atoms with Gasteiger partial charge in [0.1, 0.15) is 5.75 Å². The lowest BCUT2D eigenvalue weighted by atomic mass is 10.1. The molecule has 0 atom stereocenters. The Labute approximate surface area is 155 Å². The molecule has 5 heteroatoms. The van der Waals surface area contributed by atoms with E-state index >= 15 is 0 Å². The average Bonchev–Trinajstić information content (AvgIpc) is 2.69. The summed E-state index contributed by atoms with van der Waals surface area (Å²) in [6.45, 7) is 2.00. The quantitative estimate of drug-likeness (QED) is 0.566. The van der Waals surface area contributed by atoms with Gasteiger partial charge in [0.15, 0.2) is 5.82 Å². The third-order valence-corrected chi connectivity index (χ3v) is 4.31. The first-order valence-electron chi connectivity index (χ1n) is 8.55. The molecule has 0 aliphatic heterocycles. The van der Waals surface area contributed by atoms with Crippen molar-refractivity contribution in [3.8, 4) is 17.1 Å². The molecule has 0 saturated heterocycles. The molecular formula is C22H17N3O2. The fraction of sp³-hybridized carbons (Fsp3) is 0.0455. The first kappa shape index (κ1) is 16.7. The van der Waals surface area contributed by atoms with Gasteiger partial charge < -0.3 is 5.11 Å². The summed E-state index contributed by atoms with van der Waals surface area (Å²) < 4.78 is 1.28. The van der Waals surface area contributed by atoms with E-state index < -0.39 is 0 Å². The molecule has 0 aliphatic carbocycles. The molecular weight excluding hydrogens is 338 g/mol. The Kier molecular flexibility index (Phi) is 4.26.